The van der Waals surface area contributed by atoms with E-state index in [0.29, 0.717) is 18.5 Å². The van der Waals surface area contributed by atoms with Crippen LogP contribution in [0.2, 0.25) is 0 Å². The zero-order chi connectivity index (χ0) is 28.9. The van der Waals surface area contributed by atoms with Crippen molar-refractivity contribution in [1.29, 1.82) is 0 Å². The summed E-state index contributed by atoms with van der Waals surface area (Å²) in [6.45, 7) is 5.50. The Morgan fingerprint density at radius 1 is 1.10 bits per heavy atom. The summed E-state index contributed by atoms with van der Waals surface area (Å²) >= 11 is 0. The van der Waals surface area contributed by atoms with Crippen molar-refractivity contribution in [2.24, 2.45) is 5.92 Å². The van der Waals surface area contributed by atoms with Crippen LogP contribution in [0.1, 0.15) is 57.1 Å². The molecule has 1 saturated carbocycles. The van der Waals surface area contributed by atoms with Crippen LogP contribution in [-0.2, 0) is 22.2 Å². The lowest BCUT2D eigenvalue weighted by molar-refractivity contribution is -0.137. The minimum atomic E-state index is -4.66. The van der Waals surface area contributed by atoms with E-state index in [1.807, 2.05) is 25.8 Å². The lowest BCUT2D eigenvalue weighted by Crippen LogP contribution is -2.44. The first-order valence-corrected chi connectivity index (χ1v) is 13.8. The first-order chi connectivity index (χ1) is 19.0. The van der Waals surface area contributed by atoms with Gasteiger partial charge in [-0.05, 0) is 70.3 Å². The molecule has 1 aromatic carbocycles. The average molecular weight is 562 g/mol. The Kier molecular flexibility index (Phi) is 9.49. The normalized spacial score (nSPS) is 19.9. The molecule has 0 radical (unpaired) electrons. The third-order valence-corrected chi connectivity index (χ3v) is 7.52. The van der Waals surface area contributed by atoms with E-state index in [1.54, 1.807) is 24.3 Å². The van der Waals surface area contributed by atoms with Crippen LogP contribution in [-0.4, -0.2) is 64.9 Å². The van der Waals surface area contributed by atoms with E-state index in [2.05, 4.69) is 31.2 Å². The van der Waals surface area contributed by atoms with Crippen LogP contribution in [0.15, 0.2) is 30.5 Å². The van der Waals surface area contributed by atoms with Crippen molar-refractivity contribution >= 4 is 29.3 Å². The molecule has 40 heavy (non-hydrogen) atoms. The smallest absolute Gasteiger partial charge is 0.366 e. The van der Waals surface area contributed by atoms with E-state index in [0.717, 1.165) is 44.1 Å². The van der Waals surface area contributed by atoms with E-state index in [-0.39, 0.29) is 42.1 Å². The highest BCUT2D eigenvalue weighted by molar-refractivity contribution is 5.80. The van der Waals surface area contributed by atoms with Gasteiger partial charge in [-0.15, -0.1) is 0 Å². The number of alkyl halides is 3. The Bertz CT molecular complexity index is 1170. The number of likely N-dealkylation sites (N-methyl/N-ethyl adjacent to an activating group) is 1. The topological polar surface area (TPSA) is 111 Å². The molecule has 1 saturated heterocycles. The molecule has 0 unspecified atom stereocenters. The maximum absolute atomic E-state index is 13.8. The van der Waals surface area contributed by atoms with Gasteiger partial charge in [-0.3, -0.25) is 9.59 Å². The number of carbonyl (C=O) groups excluding carboxylic acids is 2. The summed E-state index contributed by atoms with van der Waals surface area (Å²) in [5.41, 5.74) is 0.419. The first-order valence-electron chi connectivity index (χ1n) is 13.8. The van der Waals surface area contributed by atoms with Gasteiger partial charge in [0.05, 0.1) is 12.3 Å². The maximum atomic E-state index is 13.8. The molecule has 9 nitrogen and oxygen atoms in total. The zero-order valence-electron chi connectivity index (χ0n) is 23.1. The molecular weight excluding hydrogens is 523 g/mol. The molecule has 0 bridgehead atoms. The van der Waals surface area contributed by atoms with Crippen LogP contribution in [0.5, 0.6) is 0 Å². The van der Waals surface area contributed by atoms with Gasteiger partial charge in [0.2, 0.25) is 17.8 Å². The third-order valence-electron chi connectivity index (χ3n) is 7.52. The second-order valence-electron chi connectivity index (χ2n) is 10.9. The summed E-state index contributed by atoms with van der Waals surface area (Å²) in [5.74, 6) is -0.944. The van der Waals surface area contributed by atoms with Crippen LogP contribution in [0.25, 0.3) is 0 Å². The van der Waals surface area contributed by atoms with Crippen molar-refractivity contribution in [3.05, 3.63) is 41.6 Å². The monoisotopic (exact) mass is 561 g/mol. The number of halogens is 3. The van der Waals surface area contributed by atoms with Crippen molar-refractivity contribution in [3.8, 4) is 0 Å². The Labute approximate surface area is 232 Å². The minimum Gasteiger partial charge on any atom is -0.366 e. The largest absolute Gasteiger partial charge is 0.421 e. The zero-order valence-corrected chi connectivity index (χ0v) is 23.1. The van der Waals surface area contributed by atoms with Gasteiger partial charge < -0.3 is 26.2 Å². The number of anilines is 3. The number of aromatic nitrogens is 2. The fraction of sp³-hybridized carbons (Fsp3) is 0.571. The third kappa shape index (κ3) is 7.61. The second kappa shape index (κ2) is 12.8. The molecule has 2 aliphatic rings. The number of hydrogen-bond donors (Lipinski definition) is 4. The van der Waals surface area contributed by atoms with E-state index < -0.39 is 23.7 Å². The molecule has 1 aliphatic heterocycles. The molecule has 12 heteroatoms. The number of carbonyl (C=O) groups is 2. The Morgan fingerprint density at radius 3 is 2.45 bits per heavy atom. The first kappa shape index (κ1) is 29.6. The van der Waals surface area contributed by atoms with E-state index >= 15 is 0 Å². The molecule has 2 fully saturated rings. The average Bonchev–Trinajstić information content (AvgIpc) is 3.37. The van der Waals surface area contributed by atoms with Crippen LogP contribution in [0.4, 0.5) is 30.6 Å². The Balaban J connectivity index is 1.44. The summed E-state index contributed by atoms with van der Waals surface area (Å²) in [6, 6.07) is 6.79. The van der Waals surface area contributed by atoms with Gasteiger partial charge in [-0.25, -0.2) is 4.98 Å². The van der Waals surface area contributed by atoms with Crippen molar-refractivity contribution in [1.82, 2.24) is 25.5 Å². The number of piperidine rings is 1. The lowest BCUT2D eigenvalue weighted by atomic mass is 10.0. The van der Waals surface area contributed by atoms with Gasteiger partial charge in [-0.2, -0.15) is 18.2 Å². The summed E-state index contributed by atoms with van der Waals surface area (Å²) in [6.07, 6.45) is 0.100. The van der Waals surface area contributed by atoms with Crippen molar-refractivity contribution in [3.63, 3.8) is 0 Å². The highest BCUT2D eigenvalue weighted by Gasteiger charge is 2.39. The van der Waals surface area contributed by atoms with Gasteiger partial charge in [0.25, 0.3) is 0 Å². The van der Waals surface area contributed by atoms with E-state index in [9.17, 15) is 22.8 Å². The van der Waals surface area contributed by atoms with Crippen LogP contribution in [0, 0.1) is 5.92 Å². The summed E-state index contributed by atoms with van der Waals surface area (Å²) in [4.78, 5) is 35.2. The maximum Gasteiger partial charge on any atom is 0.421 e. The fourth-order valence-corrected chi connectivity index (χ4v) is 5.31. The van der Waals surface area contributed by atoms with Crippen LogP contribution >= 0.6 is 0 Å². The molecule has 0 spiro atoms. The Morgan fingerprint density at radius 2 is 1.80 bits per heavy atom. The number of nitrogens with zero attached hydrogens (tertiary/aromatic N) is 3. The lowest BCUT2D eigenvalue weighted by Gasteiger charge is -2.31. The SMILES string of the molecule is CC(C)NC(=O)[C@H]1CCC[C@H]1Nc1nc(Nc2ccc(CC(=O)N(C)C3CCNCC3)cc2)ncc1C(F)(F)F. The molecule has 2 atom stereocenters. The summed E-state index contributed by atoms with van der Waals surface area (Å²) < 4.78 is 41.3. The molecule has 4 N–H and O–H groups in total. The van der Waals surface area contributed by atoms with Crippen molar-refractivity contribution in [2.45, 2.75) is 76.7 Å². The van der Waals surface area contributed by atoms with E-state index in [4.69, 9.17) is 0 Å². The van der Waals surface area contributed by atoms with Gasteiger partial charge in [0.1, 0.15) is 11.4 Å². The summed E-state index contributed by atoms with van der Waals surface area (Å²) in [5, 5.41) is 12.0. The Hall–Kier alpha value is -3.41. The van der Waals surface area contributed by atoms with Crippen LogP contribution < -0.4 is 21.3 Å². The fourth-order valence-electron chi connectivity index (χ4n) is 5.31. The highest BCUT2D eigenvalue weighted by Crippen LogP contribution is 2.36. The standard InChI is InChI=1S/C28H38F3N7O2/c1-17(2)34-26(40)21-5-4-6-23(21)36-25-22(28(29,30)31)16-33-27(37-25)35-19-9-7-18(8-10-19)15-24(39)38(3)20-11-13-32-14-12-20/h7-10,16-17,20-21,23,32H,4-6,11-15H2,1-3H3,(H,34,40)(H2,33,35,36,37)/t21-,23+/m0/s1. The quantitative estimate of drug-likeness (QED) is 0.365. The number of rotatable bonds is 9. The number of hydrogen-bond acceptors (Lipinski definition) is 7. The van der Waals surface area contributed by atoms with Gasteiger partial charge in [0, 0.05) is 37.1 Å². The van der Waals surface area contributed by atoms with Crippen molar-refractivity contribution < 1.29 is 22.8 Å². The molecule has 2 aromatic rings. The molecule has 1 aliphatic carbocycles. The molecule has 2 amide bonds. The van der Waals surface area contributed by atoms with Gasteiger partial charge in [0.15, 0.2) is 0 Å². The number of benzene rings is 1. The second-order valence-corrected chi connectivity index (χ2v) is 10.9. The minimum absolute atomic E-state index is 0.00820. The molecule has 1 aromatic heterocycles. The molecule has 4 rings (SSSR count). The van der Waals surface area contributed by atoms with E-state index in [1.165, 1.54) is 0 Å². The predicted octanol–water partition coefficient (Wildman–Crippen LogP) is 4.10. The highest BCUT2D eigenvalue weighted by atomic mass is 19.4. The van der Waals surface area contributed by atoms with Gasteiger partial charge >= 0.3 is 6.18 Å². The summed E-state index contributed by atoms with van der Waals surface area (Å²) in [7, 11) is 1.84. The molecular formula is C28H38F3N7O2. The number of nitrogens with one attached hydrogen (secondary N) is 4. The van der Waals surface area contributed by atoms with Crippen LogP contribution in [0.3, 0.4) is 0 Å². The number of amides is 2. The molecule has 218 valence electrons. The molecule has 2 heterocycles. The predicted molar refractivity (Wildman–Crippen MR) is 147 cm³/mol. The van der Waals surface area contributed by atoms with Gasteiger partial charge in [-0.1, -0.05) is 18.6 Å². The van der Waals surface area contributed by atoms with Crippen molar-refractivity contribution in [2.75, 3.05) is 30.8 Å².